The summed E-state index contributed by atoms with van der Waals surface area (Å²) >= 11 is 0. The van der Waals surface area contributed by atoms with Crippen molar-refractivity contribution in [3.8, 4) is 0 Å². The molecule has 0 bridgehead atoms. The molecule has 2 atom stereocenters. The van der Waals surface area contributed by atoms with Crippen molar-refractivity contribution in [3.63, 3.8) is 0 Å². The van der Waals surface area contributed by atoms with Gasteiger partial charge in [0.25, 0.3) is 0 Å². The molecule has 22 heavy (non-hydrogen) atoms. The zero-order chi connectivity index (χ0) is 15.9. The third kappa shape index (κ3) is 2.96. The Morgan fingerprint density at radius 3 is 2.82 bits per heavy atom. The SMILES string of the molecule is Nc1ncnc2c1ncn2[C@@H]1CN(CCP(=O)(O)O)C[C@H]1O. The number of fused-ring (bicyclic) bond motifs is 1. The predicted molar refractivity (Wildman–Crippen MR) is 78.1 cm³/mol. The van der Waals surface area contributed by atoms with Gasteiger partial charge >= 0.3 is 7.60 Å². The maximum absolute atomic E-state index is 11.0. The lowest BCUT2D eigenvalue weighted by Gasteiger charge is -2.17. The average molecular weight is 328 g/mol. The van der Waals surface area contributed by atoms with Crippen LogP contribution in [0.15, 0.2) is 12.7 Å². The Morgan fingerprint density at radius 1 is 1.32 bits per heavy atom. The van der Waals surface area contributed by atoms with Crippen molar-refractivity contribution in [2.24, 2.45) is 0 Å². The van der Waals surface area contributed by atoms with Gasteiger partial charge in [0, 0.05) is 19.6 Å². The second-order valence-corrected chi connectivity index (χ2v) is 7.14. The largest absolute Gasteiger partial charge is 0.390 e. The van der Waals surface area contributed by atoms with Gasteiger partial charge in [0.1, 0.15) is 11.8 Å². The first kappa shape index (κ1) is 15.3. The molecule has 2 aromatic rings. The molecule has 0 saturated carbocycles. The van der Waals surface area contributed by atoms with E-state index in [0.717, 1.165) is 0 Å². The molecular formula is C11H17N6O4P. The number of aliphatic hydroxyl groups excluding tert-OH is 1. The molecule has 3 heterocycles. The lowest BCUT2D eigenvalue weighted by atomic mass is 10.2. The zero-order valence-corrected chi connectivity index (χ0v) is 12.5. The molecule has 1 fully saturated rings. The number of β-amino-alcohol motifs (C(OH)–C–C–N with tert-alkyl or cyclic N) is 1. The highest BCUT2D eigenvalue weighted by Gasteiger charge is 2.34. The van der Waals surface area contributed by atoms with E-state index in [1.807, 2.05) is 4.90 Å². The summed E-state index contributed by atoms with van der Waals surface area (Å²) in [5, 5.41) is 10.2. The Balaban J connectivity index is 1.80. The topological polar surface area (TPSA) is 151 Å². The molecule has 2 aromatic heterocycles. The average Bonchev–Trinajstić information content (AvgIpc) is 3.00. The normalized spacial score (nSPS) is 23.4. The molecule has 5 N–H and O–H groups in total. The molecule has 0 spiro atoms. The minimum Gasteiger partial charge on any atom is -0.390 e. The molecule has 0 radical (unpaired) electrons. The fourth-order valence-electron chi connectivity index (χ4n) is 2.69. The number of aromatic nitrogens is 4. The van der Waals surface area contributed by atoms with Gasteiger partial charge in [-0.05, 0) is 0 Å². The number of anilines is 1. The smallest absolute Gasteiger partial charge is 0.326 e. The summed E-state index contributed by atoms with van der Waals surface area (Å²) in [5.41, 5.74) is 6.75. The number of hydrogen-bond acceptors (Lipinski definition) is 7. The summed E-state index contributed by atoms with van der Waals surface area (Å²) in [6, 6.07) is -0.295. The highest BCUT2D eigenvalue weighted by molar-refractivity contribution is 7.51. The molecule has 0 unspecified atom stereocenters. The molecule has 120 valence electrons. The van der Waals surface area contributed by atoms with Gasteiger partial charge in [-0.25, -0.2) is 15.0 Å². The second-order valence-electron chi connectivity index (χ2n) is 5.37. The van der Waals surface area contributed by atoms with Crippen LogP contribution in [0.2, 0.25) is 0 Å². The van der Waals surface area contributed by atoms with Crippen molar-refractivity contribution < 1.29 is 19.5 Å². The van der Waals surface area contributed by atoms with Crippen LogP contribution in [0.1, 0.15) is 6.04 Å². The van der Waals surface area contributed by atoms with Crippen molar-refractivity contribution >= 4 is 24.6 Å². The number of likely N-dealkylation sites (tertiary alicyclic amines) is 1. The van der Waals surface area contributed by atoms with Crippen LogP contribution in [-0.2, 0) is 4.57 Å². The lowest BCUT2D eigenvalue weighted by Crippen LogP contribution is -2.25. The van der Waals surface area contributed by atoms with Gasteiger partial charge in [-0.2, -0.15) is 0 Å². The van der Waals surface area contributed by atoms with Gasteiger partial charge in [0.05, 0.1) is 24.6 Å². The molecule has 1 saturated heterocycles. The van der Waals surface area contributed by atoms with Gasteiger partial charge in [-0.3, -0.25) is 9.46 Å². The van der Waals surface area contributed by atoms with E-state index >= 15 is 0 Å². The quantitative estimate of drug-likeness (QED) is 0.507. The summed E-state index contributed by atoms with van der Waals surface area (Å²) in [4.78, 5) is 31.9. The van der Waals surface area contributed by atoms with E-state index in [1.54, 1.807) is 10.9 Å². The fourth-order valence-corrected chi connectivity index (χ4v) is 3.23. The van der Waals surface area contributed by atoms with Crippen LogP contribution >= 0.6 is 7.60 Å². The van der Waals surface area contributed by atoms with Crippen molar-refractivity contribution in [1.29, 1.82) is 0 Å². The Morgan fingerprint density at radius 2 is 2.09 bits per heavy atom. The first-order chi connectivity index (χ1) is 10.3. The van der Waals surface area contributed by atoms with E-state index in [2.05, 4.69) is 15.0 Å². The van der Waals surface area contributed by atoms with Crippen LogP contribution < -0.4 is 5.73 Å². The maximum Gasteiger partial charge on any atom is 0.326 e. The van der Waals surface area contributed by atoms with Crippen LogP contribution in [-0.4, -0.2) is 71.2 Å². The van der Waals surface area contributed by atoms with Crippen LogP contribution in [0.4, 0.5) is 5.82 Å². The second kappa shape index (κ2) is 5.56. The molecule has 10 nitrogen and oxygen atoms in total. The maximum atomic E-state index is 11.0. The van der Waals surface area contributed by atoms with Crippen molar-refractivity contribution in [2.45, 2.75) is 12.1 Å². The highest BCUT2D eigenvalue weighted by Crippen LogP contribution is 2.35. The Hall–Kier alpha value is -1.58. The standard InChI is InChI=1S/C11H17N6O4P/c12-10-9-11(14-5-13-10)17(6-15-9)7-3-16(4-8(7)18)1-2-22(19,20)21/h5-8,18H,1-4H2,(H2,12,13,14)(H2,19,20,21)/t7-,8-/m1/s1. The van der Waals surface area contributed by atoms with Crippen LogP contribution in [0.25, 0.3) is 11.2 Å². The Labute approximate surface area is 125 Å². The number of rotatable bonds is 4. The third-order valence-electron chi connectivity index (χ3n) is 3.79. The summed E-state index contributed by atoms with van der Waals surface area (Å²) < 4.78 is 12.7. The third-order valence-corrected chi connectivity index (χ3v) is 4.57. The molecule has 1 aliphatic heterocycles. The Bertz CT molecular complexity index is 730. The van der Waals surface area contributed by atoms with Crippen molar-refractivity contribution in [1.82, 2.24) is 24.4 Å². The van der Waals surface area contributed by atoms with Crippen LogP contribution in [0, 0.1) is 0 Å². The molecule has 3 rings (SSSR count). The van der Waals surface area contributed by atoms with E-state index in [0.29, 0.717) is 24.3 Å². The van der Waals surface area contributed by atoms with E-state index in [9.17, 15) is 9.67 Å². The van der Waals surface area contributed by atoms with E-state index < -0.39 is 13.7 Å². The van der Waals surface area contributed by atoms with E-state index in [4.69, 9.17) is 15.5 Å². The monoisotopic (exact) mass is 328 g/mol. The highest BCUT2D eigenvalue weighted by atomic mass is 31.2. The number of nitrogen functional groups attached to an aromatic ring is 1. The van der Waals surface area contributed by atoms with Crippen LogP contribution in [0.3, 0.4) is 0 Å². The number of aliphatic hydroxyl groups is 1. The fraction of sp³-hybridized carbons (Fsp3) is 0.545. The van der Waals surface area contributed by atoms with Crippen molar-refractivity contribution in [2.75, 3.05) is 31.5 Å². The molecule has 0 aromatic carbocycles. The van der Waals surface area contributed by atoms with Gasteiger partial charge < -0.3 is 25.2 Å². The summed E-state index contributed by atoms with van der Waals surface area (Å²) in [5.74, 6) is 0.273. The summed E-state index contributed by atoms with van der Waals surface area (Å²) in [7, 11) is -4.04. The van der Waals surface area contributed by atoms with E-state index in [1.165, 1.54) is 6.33 Å². The van der Waals surface area contributed by atoms with Crippen LogP contribution in [0.5, 0.6) is 0 Å². The predicted octanol–water partition coefficient (Wildman–Crippen LogP) is -1.20. The van der Waals surface area contributed by atoms with Crippen molar-refractivity contribution in [3.05, 3.63) is 12.7 Å². The molecule has 0 aliphatic carbocycles. The lowest BCUT2D eigenvalue weighted by molar-refractivity contribution is 0.146. The number of nitrogens with zero attached hydrogens (tertiary/aromatic N) is 5. The first-order valence-corrected chi connectivity index (χ1v) is 8.53. The van der Waals surface area contributed by atoms with Gasteiger partial charge in [0.15, 0.2) is 11.5 Å². The summed E-state index contributed by atoms with van der Waals surface area (Å²) in [6.07, 6.45) is 1.98. The molecular weight excluding hydrogens is 311 g/mol. The minimum absolute atomic E-state index is 0.224. The molecule has 11 heteroatoms. The minimum atomic E-state index is -4.04. The summed E-state index contributed by atoms with van der Waals surface area (Å²) in [6.45, 7) is 1.02. The number of hydrogen-bond donors (Lipinski definition) is 4. The van der Waals surface area contributed by atoms with Gasteiger partial charge in [-0.15, -0.1) is 0 Å². The Kier molecular flexibility index (Phi) is 3.87. The number of nitrogens with two attached hydrogens (primary N) is 1. The zero-order valence-electron chi connectivity index (χ0n) is 11.6. The first-order valence-electron chi connectivity index (χ1n) is 6.73. The van der Waals surface area contributed by atoms with Gasteiger partial charge in [0.2, 0.25) is 0 Å². The number of imidazole rings is 1. The van der Waals surface area contributed by atoms with Gasteiger partial charge in [-0.1, -0.05) is 0 Å². The molecule has 1 aliphatic rings. The van der Waals surface area contributed by atoms with E-state index in [-0.39, 0.29) is 24.6 Å². The molecule has 0 amide bonds.